The minimum absolute atomic E-state index is 0.229. The maximum absolute atomic E-state index is 9.02. The van der Waals surface area contributed by atoms with Crippen LogP contribution in [0.1, 0.15) is 26.7 Å². The summed E-state index contributed by atoms with van der Waals surface area (Å²) in [5, 5.41) is 14.4. The number of phosphoric acid groups is 1. The average Bonchev–Trinajstić information content (AvgIpc) is 2.59. The third-order valence-electron chi connectivity index (χ3n) is 4.08. The monoisotopic (exact) mass is 433 g/mol. The van der Waals surface area contributed by atoms with E-state index in [9.17, 15) is 0 Å². The molecule has 2 rings (SSSR count). The van der Waals surface area contributed by atoms with Gasteiger partial charge in [-0.2, -0.15) is 0 Å². The molecule has 0 aliphatic rings. The predicted molar refractivity (Wildman–Crippen MR) is 113 cm³/mol. The van der Waals surface area contributed by atoms with Gasteiger partial charge < -0.3 is 30.0 Å². The molecule has 0 saturated heterocycles. The van der Waals surface area contributed by atoms with Crippen LogP contribution in [0.4, 0.5) is 5.69 Å². The molecule has 28 heavy (non-hydrogen) atoms. The number of hydrogen-bond acceptors (Lipinski definition) is 5. The van der Waals surface area contributed by atoms with Crippen LogP contribution in [0.3, 0.4) is 0 Å². The van der Waals surface area contributed by atoms with Crippen LogP contribution in [0.2, 0.25) is 5.02 Å². The zero-order valence-corrected chi connectivity index (χ0v) is 17.8. The Labute approximate surface area is 170 Å². The number of nitrogens with one attached hydrogen (secondary N) is 1. The van der Waals surface area contributed by atoms with Gasteiger partial charge in [-0.25, -0.2) is 4.57 Å². The third-order valence-corrected chi connectivity index (χ3v) is 4.32. The summed E-state index contributed by atoms with van der Waals surface area (Å²) < 4.78 is 8.88. The molecule has 1 aromatic carbocycles. The highest BCUT2D eigenvalue weighted by molar-refractivity contribution is 7.45. The number of pyridine rings is 1. The van der Waals surface area contributed by atoms with Crippen molar-refractivity contribution in [3.05, 3.63) is 35.5 Å². The van der Waals surface area contributed by atoms with Crippen LogP contribution in [0, 0.1) is 0 Å². The lowest BCUT2D eigenvalue weighted by Gasteiger charge is -2.21. The molecule has 1 atom stereocenters. The summed E-state index contributed by atoms with van der Waals surface area (Å²) >= 11 is 6.03. The number of halogens is 1. The lowest BCUT2D eigenvalue weighted by Crippen LogP contribution is -2.28. The van der Waals surface area contributed by atoms with E-state index in [-0.39, 0.29) is 6.61 Å². The summed E-state index contributed by atoms with van der Waals surface area (Å²) in [6.07, 6.45) is 4.00. The van der Waals surface area contributed by atoms with Gasteiger partial charge in [0, 0.05) is 34.9 Å². The third kappa shape index (κ3) is 10.3. The van der Waals surface area contributed by atoms with Crippen molar-refractivity contribution in [2.45, 2.75) is 32.7 Å². The Kier molecular flexibility index (Phi) is 10.9. The van der Waals surface area contributed by atoms with Crippen molar-refractivity contribution in [3.8, 4) is 0 Å². The fourth-order valence-corrected chi connectivity index (χ4v) is 2.94. The zero-order chi connectivity index (χ0) is 21.2. The van der Waals surface area contributed by atoms with E-state index in [1.807, 2.05) is 30.5 Å². The average molecular weight is 434 g/mol. The van der Waals surface area contributed by atoms with Crippen molar-refractivity contribution in [3.63, 3.8) is 0 Å². The molecule has 0 aliphatic heterocycles. The molecule has 158 valence electrons. The molecule has 0 radical (unpaired) electrons. The Hall–Kier alpha value is -1.25. The Balaban J connectivity index is 0.000000696. The van der Waals surface area contributed by atoms with Crippen LogP contribution < -0.4 is 5.32 Å². The first kappa shape index (κ1) is 24.8. The molecular weight excluding hydrogens is 405 g/mol. The Bertz CT molecular complexity index is 766. The Morgan fingerprint density at radius 3 is 2.54 bits per heavy atom. The molecule has 1 heterocycles. The first-order valence-electron chi connectivity index (χ1n) is 9.06. The van der Waals surface area contributed by atoms with Gasteiger partial charge in [-0.15, -0.1) is 0 Å². The second-order valence-corrected chi connectivity index (χ2v) is 7.84. The quantitative estimate of drug-likeness (QED) is 0.382. The molecule has 8 nitrogen and oxygen atoms in total. The summed E-state index contributed by atoms with van der Waals surface area (Å²) in [6, 6.07) is 8.19. The van der Waals surface area contributed by atoms with Crippen molar-refractivity contribution < 1.29 is 24.4 Å². The normalized spacial score (nSPS) is 12.6. The number of aliphatic hydroxyl groups excluding tert-OH is 1. The maximum Gasteiger partial charge on any atom is 0.466 e. The number of anilines is 1. The second-order valence-electron chi connectivity index (χ2n) is 6.38. The number of aromatic nitrogens is 1. The van der Waals surface area contributed by atoms with E-state index in [1.165, 1.54) is 0 Å². The number of nitrogens with zero attached hydrogens (tertiary/aromatic N) is 2. The van der Waals surface area contributed by atoms with Gasteiger partial charge in [0.05, 0.1) is 12.1 Å². The highest BCUT2D eigenvalue weighted by atomic mass is 35.5. The molecule has 0 bridgehead atoms. The molecule has 0 saturated carbocycles. The molecular formula is C18H29ClN3O5P. The highest BCUT2D eigenvalue weighted by Gasteiger charge is 2.08. The predicted octanol–water partition coefficient (Wildman–Crippen LogP) is 2.85. The second kappa shape index (κ2) is 12.3. The minimum atomic E-state index is -4.64. The van der Waals surface area contributed by atoms with Gasteiger partial charge in [0.15, 0.2) is 0 Å². The Morgan fingerprint density at radius 2 is 1.93 bits per heavy atom. The van der Waals surface area contributed by atoms with E-state index in [4.69, 9.17) is 36.0 Å². The first-order valence-corrected chi connectivity index (χ1v) is 11.0. The fourth-order valence-electron chi connectivity index (χ4n) is 2.78. The SMILES string of the molecule is CCN(CCO)CCC[C@@H](C)Nc1ccnc2cc(Cl)ccc12.O=P(O)(O)O. The van der Waals surface area contributed by atoms with Gasteiger partial charge >= 0.3 is 7.82 Å². The molecule has 2 aromatic rings. The lowest BCUT2D eigenvalue weighted by atomic mass is 10.1. The lowest BCUT2D eigenvalue weighted by molar-refractivity contribution is 0.199. The standard InChI is InChI=1S/C18H26ClN3O.H3O4P/c1-3-22(11-12-23)10-4-5-14(2)21-17-8-9-20-18-13-15(19)6-7-16(17)18;1-5(2,3)4/h6-9,13-14,23H,3-5,10-12H2,1-2H3,(H,20,21);(H3,1,2,3,4)/t14-;/m1./s1. The minimum Gasteiger partial charge on any atom is -0.395 e. The number of aliphatic hydroxyl groups is 1. The van der Waals surface area contributed by atoms with Crippen LogP contribution in [-0.4, -0.2) is 62.0 Å². The van der Waals surface area contributed by atoms with Crippen LogP contribution in [0.15, 0.2) is 30.5 Å². The fraction of sp³-hybridized carbons (Fsp3) is 0.500. The first-order chi connectivity index (χ1) is 13.1. The molecule has 0 amide bonds. The van der Waals surface area contributed by atoms with Gasteiger partial charge in [-0.05, 0) is 57.1 Å². The van der Waals surface area contributed by atoms with Crippen molar-refractivity contribution >= 4 is 36.0 Å². The number of likely N-dealkylation sites (N-methyl/N-ethyl adjacent to an activating group) is 1. The van der Waals surface area contributed by atoms with Crippen LogP contribution >= 0.6 is 19.4 Å². The van der Waals surface area contributed by atoms with Crippen LogP contribution in [0.25, 0.3) is 10.9 Å². The molecule has 0 aliphatic carbocycles. The zero-order valence-electron chi connectivity index (χ0n) is 16.1. The van der Waals surface area contributed by atoms with Gasteiger partial charge in [-0.3, -0.25) is 4.98 Å². The van der Waals surface area contributed by atoms with E-state index in [0.29, 0.717) is 11.1 Å². The van der Waals surface area contributed by atoms with E-state index in [1.54, 1.807) is 0 Å². The summed E-state index contributed by atoms with van der Waals surface area (Å²) in [7, 11) is -4.64. The summed E-state index contributed by atoms with van der Waals surface area (Å²) in [4.78, 5) is 28.2. The topological polar surface area (TPSA) is 126 Å². The van der Waals surface area contributed by atoms with Gasteiger partial charge in [0.2, 0.25) is 0 Å². The van der Waals surface area contributed by atoms with Crippen molar-refractivity contribution in [2.75, 3.05) is 31.6 Å². The van der Waals surface area contributed by atoms with Gasteiger partial charge in [-0.1, -0.05) is 18.5 Å². The molecule has 0 fully saturated rings. The van der Waals surface area contributed by atoms with Crippen LogP contribution in [-0.2, 0) is 4.57 Å². The number of benzene rings is 1. The van der Waals surface area contributed by atoms with Gasteiger partial charge in [0.25, 0.3) is 0 Å². The highest BCUT2D eigenvalue weighted by Crippen LogP contribution is 2.26. The van der Waals surface area contributed by atoms with Crippen LogP contribution in [0.5, 0.6) is 0 Å². The largest absolute Gasteiger partial charge is 0.466 e. The molecule has 5 N–H and O–H groups in total. The maximum atomic E-state index is 9.02. The Morgan fingerprint density at radius 1 is 1.25 bits per heavy atom. The summed E-state index contributed by atoms with van der Waals surface area (Å²) in [6.45, 7) is 7.32. The van der Waals surface area contributed by atoms with Crippen molar-refractivity contribution in [1.82, 2.24) is 9.88 Å². The van der Waals surface area contributed by atoms with E-state index < -0.39 is 7.82 Å². The molecule has 1 aromatic heterocycles. The number of fused-ring (bicyclic) bond motifs is 1. The molecule has 0 spiro atoms. The number of hydrogen-bond donors (Lipinski definition) is 5. The van der Waals surface area contributed by atoms with E-state index in [2.05, 4.69) is 29.0 Å². The molecule has 0 unspecified atom stereocenters. The summed E-state index contributed by atoms with van der Waals surface area (Å²) in [5.74, 6) is 0. The smallest absolute Gasteiger partial charge is 0.395 e. The van der Waals surface area contributed by atoms with E-state index in [0.717, 1.165) is 49.1 Å². The number of rotatable bonds is 9. The van der Waals surface area contributed by atoms with E-state index >= 15 is 0 Å². The van der Waals surface area contributed by atoms with Crippen molar-refractivity contribution in [1.29, 1.82) is 0 Å². The summed E-state index contributed by atoms with van der Waals surface area (Å²) in [5.41, 5.74) is 2.01. The van der Waals surface area contributed by atoms with Crippen molar-refractivity contribution in [2.24, 2.45) is 0 Å². The molecule has 10 heteroatoms. The van der Waals surface area contributed by atoms with Gasteiger partial charge in [0.1, 0.15) is 0 Å².